The number of nitrogens with zero attached hydrogens (tertiary/aromatic N) is 3. The molecular weight excluding hydrogens is 414 g/mol. The predicted molar refractivity (Wildman–Crippen MR) is 123 cm³/mol. The lowest BCUT2D eigenvalue weighted by Gasteiger charge is -2.34. The lowest BCUT2D eigenvalue weighted by Crippen LogP contribution is -2.52. The Morgan fingerprint density at radius 1 is 1.10 bits per heavy atom. The minimum atomic E-state index is -0.754. The van der Waals surface area contributed by atoms with Gasteiger partial charge in [-0.3, -0.25) is 9.69 Å². The SMILES string of the molecule is CCOc1cccc2sc(N(CCN(C)C)C(=O)C3Oc4ccccc4OC3C)nc12. The number of ether oxygens (including phenoxy) is 3. The molecule has 0 spiro atoms. The molecule has 164 valence electrons. The molecular formula is C23H27N3O4S. The standard InChI is InChI=1S/C23H27N3O4S/c1-5-28-18-11-8-12-19-20(18)24-23(31-19)26(14-13-25(3)4)22(27)21-15(2)29-16-9-6-7-10-17(16)30-21/h6-12,15,21H,5,13-14H2,1-4H3. The molecule has 31 heavy (non-hydrogen) atoms. The van der Waals surface area contributed by atoms with Crippen LogP contribution in [0.3, 0.4) is 0 Å². The lowest BCUT2D eigenvalue weighted by molar-refractivity contribution is -0.130. The molecule has 2 heterocycles. The molecule has 0 saturated heterocycles. The highest BCUT2D eigenvalue weighted by Crippen LogP contribution is 2.37. The first kappa shape index (κ1) is 21.4. The molecule has 0 bridgehead atoms. The van der Waals surface area contributed by atoms with E-state index in [1.807, 2.05) is 75.3 Å². The third-order valence-electron chi connectivity index (χ3n) is 5.02. The number of carbonyl (C=O) groups is 1. The number of likely N-dealkylation sites (N-methyl/N-ethyl adjacent to an activating group) is 1. The Balaban J connectivity index is 1.67. The minimum Gasteiger partial charge on any atom is -0.492 e. The van der Waals surface area contributed by atoms with E-state index in [0.717, 1.165) is 16.0 Å². The van der Waals surface area contributed by atoms with Gasteiger partial charge < -0.3 is 19.1 Å². The van der Waals surface area contributed by atoms with Gasteiger partial charge in [0.15, 0.2) is 16.6 Å². The number of thiazole rings is 1. The van der Waals surface area contributed by atoms with Crippen LogP contribution in [-0.2, 0) is 4.79 Å². The van der Waals surface area contributed by atoms with E-state index >= 15 is 0 Å². The first-order chi connectivity index (χ1) is 15.0. The maximum atomic E-state index is 13.7. The summed E-state index contributed by atoms with van der Waals surface area (Å²) in [6, 6.07) is 13.3. The van der Waals surface area contributed by atoms with Crippen LogP contribution in [0.15, 0.2) is 42.5 Å². The van der Waals surface area contributed by atoms with Crippen LogP contribution >= 0.6 is 11.3 Å². The summed E-state index contributed by atoms with van der Waals surface area (Å²) in [5.41, 5.74) is 0.770. The summed E-state index contributed by atoms with van der Waals surface area (Å²) in [7, 11) is 3.96. The maximum Gasteiger partial charge on any atom is 0.273 e. The van der Waals surface area contributed by atoms with Crippen LogP contribution in [-0.4, -0.2) is 61.8 Å². The molecule has 3 aromatic rings. The van der Waals surface area contributed by atoms with Crippen molar-refractivity contribution in [3.63, 3.8) is 0 Å². The molecule has 7 nitrogen and oxygen atoms in total. The van der Waals surface area contributed by atoms with E-state index in [-0.39, 0.29) is 5.91 Å². The van der Waals surface area contributed by atoms with Gasteiger partial charge in [-0.2, -0.15) is 0 Å². The van der Waals surface area contributed by atoms with E-state index in [1.165, 1.54) is 11.3 Å². The summed E-state index contributed by atoms with van der Waals surface area (Å²) in [4.78, 5) is 22.2. The molecule has 0 fully saturated rings. The molecule has 1 amide bonds. The Morgan fingerprint density at radius 2 is 1.84 bits per heavy atom. The average Bonchev–Trinajstić information content (AvgIpc) is 3.18. The zero-order chi connectivity index (χ0) is 22.0. The second-order valence-electron chi connectivity index (χ2n) is 7.63. The Kier molecular flexibility index (Phi) is 6.29. The number of rotatable bonds is 7. The molecule has 0 aliphatic carbocycles. The van der Waals surface area contributed by atoms with Crippen molar-refractivity contribution in [3.8, 4) is 17.2 Å². The Labute approximate surface area is 186 Å². The number of aromatic nitrogens is 1. The smallest absolute Gasteiger partial charge is 0.273 e. The molecule has 0 radical (unpaired) electrons. The van der Waals surface area contributed by atoms with E-state index in [0.29, 0.717) is 36.3 Å². The van der Waals surface area contributed by atoms with Gasteiger partial charge >= 0.3 is 0 Å². The highest BCUT2D eigenvalue weighted by atomic mass is 32.1. The summed E-state index contributed by atoms with van der Waals surface area (Å²) >= 11 is 1.48. The number of benzene rings is 2. The van der Waals surface area contributed by atoms with Gasteiger partial charge in [-0.25, -0.2) is 4.98 Å². The van der Waals surface area contributed by atoms with Gasteiger partial charge in [0.05, 0.1) is 11.3 Å². The summed E-state index contributed by atoms with van der Waals surface area (Å²) < 4.78 is 18.7. The molecule has 2 aromatic carbocycles. The third kappa shape index (κ3) is 4.45. The van der Waals surface area contributed by atoms with Crippen LogP contribution in [0.5, 0.6) is 17.2 Å². The number of para-hydroxylation sites is 3. The van der Waals surface area contributed by atoms with Gasteiger partial charge in [-0.1, -0.05) is 29.5 Å². The fourth-order valence-electron chi connectivity index (χ4n) is 3.44. The predicted octanol–water partition coefficient (Wildman–Crippen LogP) is 3.82. The Bertz CT molecular complexity index is 1070. The first-order valence-electron chi connectivity index (χ1n) is 10.4. The van der Waals surface area contributed by atoms with Crippen molar-refractivity contribution < 1.29 is 19.0 Å². The van der Waals surface area contributed by atoms with Crippen LogP contribution < -0.4 is 19.1 Å². The lowest BCUT2D eigenvalue weighted by atomic mass is 10.1. The first-order valence-corrected chi connectivity index (χ1v) is 11.2. The van der Waals surface area contributed by atoms with Crippen molar-refractivity contribution >= 4 is 32.6 Å². The summed E-state index contributed by atoms with van der Waals surface area (Å²) in [5, 5.41) is 0.628. The van der Waals surface area contributed by atoms with Gasteiger partial charge in [-0.15, -0.1) is 0 Å². The molecule has 1 aromatic heterocycles. The second kappa shape index (κ2) is 9.11. The molecule has 1 aliphatic rings. The number of fused-ring (bicyclic) bond motifs is 2. The molecule has 8 heteroatoms. The van der Waals surface area contributed by atoms with E-state index in [9.17, 15) is 4.79 Å². The summed E-state index contributed by atoms with van der Waals surface area (Å²) in [6.45, 7) is 5.54. The number of anilines is 1. The highest BCUT2D eigenvalue weighted by Gasteiger charge is 2.38. The van der Waals surface area contributed by atoms with Crippen molar-refractivity contribution in [1.82, 2.24) is 9.88 Å². The number of hydrogen-bond donors (Lipinski definition) is 0. The molecule has 0 N–H and O–H groups in total. The highest BCUT2D eigenvalue weighted by molar-refractivity contribution is 7.22. The van der Waals surface area contributed by atoms with Gasteiger partial charge in [0.2, 0.25) is 6.10 Å². The second-order valence-corrected chi connectivity index (χ2v) is 8.64. The van der Waals surface area contributed by atoms with Crippen molar-refractivity contribution in [2.75, 3.05) is 38.7 Å². The minimum absolute atomic E-state index is 0.166. The maximum absolute atomic E-state index is 13.7. The van der Waals surface area contributed by atoms with Crippen LogP contribution in [0.25, 0.3) is 10.2 Å². The average molecular weight is 442 g/mol. The van der Waals surface area contributed by atoms with E-state index in [2.05, 4.69) is 0 Å². The fraction of sp³-hybridized carbons (Fsp3) is 0.391. The Hall–Kier alpha value is -2.84. The van der Waals surface area contributed by atoms with Crippen LogP contribution in [0.1, 0.15) is 13.8 Å². The molecule has 0 saturated carbocycles. The zero-order valence-corrected chi connectivity index (χ0v) is 19.0. The topological polar surface area (TPSA) is 64.1 Å². The van der Waals surface area contributed by atoms with Crippen LogP contribution in [0, 0.1) is 0 Å². The van der Waals surface area contributed by atoms with Gasteiger partial charge in [-0.05, 0) is 52.2 Å². The monoisotopic (exact) mass is 441 g/mol. The van der Waals surface area contributed by atoms with Gasteiger partial charge in [0, 0.05) is 13.1 Å². The molecule has 4 rings (SSSR count). The van der Waals surface area contributed by atoms with Gasteiger partial charge in [0.1, 0.15) is 17.4 Å². The molecule has 1 aliphatic heterocycles. The quantitative estimate of drug-likeness (QED) is 0.556. The van der Waals surface area contributed by atoms with Gasteiger partial charge in [0.25, 0.3) is 5.91 Å². The number of hydrogen-bond acceptors (Lipinski definition) is 7. The van der Waals surface area contributed by atoms with Crippen LogP contribution in [0.2, 0.25) is 0 Å². The van der Waals surface area contributed by atoms with Crippen molar-refractivity contribution in [3.05, 3.63) is 42.5 Å². The van der Waals surface area contributed by atoms with E-state index < -0.39 is 12.2 Å². The van der Waals surface area contributed by atoms with E-state index in [1.54, 1.807) is 4.90 Å². The largest absolute Gasteiger partial charge is 0.492 e. The fourth-order valence-corrected chi connectivity index (χ4v) is 4.46. The zero-order valence-electron chi connectivity index (χ0n) is 18.2. The number of carbonyl (C=O) groups excluding carboxylic acids is 1. The van der Waals surface area contributed by atoms with E-state index in [4.69, 9.17) is 19.2 Å². The van der Waals surface area contributed by atoms with Crippen LogP contribution in [0.4, 0.5) is 5.13 Å². The normalized spacial score (nSPS) is 17.7. The summed E-state index contributed by atoms with van der Waals surface area (Å²) in [5.74, 6) is 1.79. The summed E-state index contributed by atoms with van der Waals surface area (Å²) in [6.07, 6.45) is -1.17. The molecule has 2 atom stereocenters. The Morgan fingerprint density at radius 3 is 2.55 bits per heavy atom. The van der Waals surface area contributed by atoms with Crippen molar-refractivity contribution in [2.45, 2.75) is 26.1 Å². The third-order valence-corrected chi connectivity index (χ3v) is 6.07. The number of amides is 1. The van der Waals surface area contributed by atoms with Crippen molar-refractivity contribution in [2.24, 2.45) is 0 Å². The van der Waals surface area contributed by atoms with Crippen molar-refractivity contribution in [1.29, 1.82) is 0 Å². The molecule has 2 unspecified atom stereocenters.